The van der Waals surface area contributed by atoms with Crippen LogP contribution in [0.2, 0.25) is 0 Å². The Morgan fingerprint density at radius 3 is 2.47 bits per heavy atom. The number of likely N-dealkylation sites (N-methyl/N-ethyl adjacent to an activating group) is 1. The van der Waals surface area contributed by atoms with Gasteiger partial charge >= 0.3 is 5.97 Å². The number of carbonyl (C=O) groups is 2. The largest absolute Gasteiger partial charge is 0.465 e. The third-order valence-electron chi connectivity index (χ3n) is 2.38. The highest BCUT2D eigenvalue weighted by molar-refractivity contribution is 5.95. The maximum absolute atomic E-state index is 11.8. The molecule has 0 fully saturated rings. The van der Waals surface area contributed by atoms with Crippen molar-refractivity contribution >= 4 is 11.9 Å². The molecule has 1 aromatic carbocycles. The van der Waals surface area contributed by atoms with Crippen molar-refractivity contribution in [2.45, 2.75) is 13.8 Å². The van der Waals surface area contributed by atoms with Gasteiger partial charge in [-0.15, -0.1) is 0 Å². The van der Waals surface area contributed by atoms with Crippen molar-refractivity contribution in [1.29, 1.82) is 0 Å². The first-order valence-corrected chi connectivity index (χ1v) is 6.19. The van der Waals surface area contributed by atoms with Gasteiger partial charge < -0.3 is 9.64 Å². The zero-order valence-corrected chi connectivity index (χ0v) is 11.2. The minimum absolute atomic E-state index is 0.0629. The van der Waals surface area contributed by atoms with Crippen LogP contribution in [0.25, 0.3) is 0 Å². The van der Waals surface area contributed by atoms with Gasteiger partial charge in [0.05, 0.1) is 6.61 Å². The van der Waals surface area contributed by atoms with Gasteiger partial charge in [0.25, 0.3) is 5.91 Å². The molecule has 1 amide bonds. The Morgan fingerprint density at radius 1 is 1.21 bits per heavy atom. The van der Waals surface area contributed by atoms with E-state index in [1.54, 1.807) is 13.8 Å². The van der Waals surface area contributed by atoms with Crippen LogP contribution in [0.1, 0.15) is 19.4 Å². The van der Waals surface area contributed by atoms with E-state index in [0.29, 0.717) is 13.2 Å². The predicted molar refractivity (Wildman–Crippen MR) is 72.2 cm³/mol. The molecule has 0 heterocycles. The van der Waals surface area contributed by atoms with E-state index in [9.17, 15) is 9.59 Å². The molecule has 0 radical (unpaired) electrons. The summed E-state index contributed by atoms with van der Waals surface area (Å²) in [4.78, 5) is 24.5. The summed E-state index contributed by atoms with van der Waals surface area (Å²) in [5.74, 6) is 4.50. The third-order valence-corrected chi connectivity index (χ3v) is 2.38. The molecule has 4 nitrogen and oxygen atoms in total. The average molecular weight is 259 g/mol. The van der Waals surface area contributed by atoms with Crippen molar-refractivity contribution in [3.05, 3.63) is 35.9 Å². The number of amides is 1. The maximum Gasteiger partial charge on any atom is 0.325 e. The second-order valence-corrected chi connectivity index (χ2v) is 3.74. The normalized spacial score (nSPS) is 9.16. The SMILES string of the molecule is CCOC(=O)CN(CC)C(=O)C#Cc1ccccc1. The van der Waals surface area contributed by atoms with Gasteiger partial charge in [-0.2, -0.15) is 0 Å². The van der Waals surface area contributed by atoms with Crippen LogP contribution < -0.4 is 0 Å². The second-order valence-electron chi connectivity index (χ2n) is 3.74. The summed E-state index contributed by atoms with van der Waals surface area (Å²) in [6.45, 7) is 4.18. The first-order valence-electron chi connectivity index (χ1n) is 6.19. The lowest BCUT2D eigenvalue weighted by Gasteiger charge is -2.16. The lowest BCUT2D eigenvalue weighted by molar-refractivity contribution is -0.147. The Hall–Kier alpha value is -2.28. The molecule has 1 rings (SSSR count). The van der Waals surface area contributed by atoms with E-state index in [1.165, 1.54) is 4.90 Å². The standard InChI is InChI=1S/C15H17NO3/c1-3-16(12-15(18)19-4-2)14(17)11-10-13-8-6-5-7-9-13/h5-9H,3-4,12H2,1-2H3. The molecule has 0 aromatic heterocycles. The topological polar surface area (TPSA) is 46.6 Å². The van der Waals surface area contributed by atoms with Gasteiger partial charge in [0.2, 0.25) is 0 Å². The number of rotatable bonds is 4. The smallest absolute Gasteiger partial charge is 0.325 e. The summed E-state index contributed by atoms with van der Waals surface area (Å²) < 4.78 is 4.81. The average Bonchev–Trinajstić information content (AvgIpc) is 2.43. The van der Waals surface area contributed by atoms with Gasteiger partial charge in [-0.3, -0.25) is 9.59 Å². The van der Waals surface area contributed by atoms with Crippen LogP contribution in [0.15, 0.2) is 30.3 Å². The Balaban J connectivity index is 2.65. The minimum atomic E-state index is -0.417. The number of nitrogens with zero attached hydrogens (tertiary/aromatic N) is 1. The molecule has 1 aromatic rings. The van der Waals surface area contributed by atoms with Crippen LogP contribution in [-0.2, 0) is 14.3 Å². The molecule has 0 atom stereocenters. The van der Waals surface area contributed by atoms with Gasteiger partial charge in [-0.1, -0.05) is 24.1 Å². The van der Waals surface area contributed by atoms with Crippen LogP contribution in [0.4, 0.5) is 0 Å². The van der Waals surface area contributed by atoms with Gasteiger partial charge in [0.15, 0.2) is 0 Å². The molecule has 0 bridgehead atoms. The van der Waals surface area contributed by atoms with E-state index >= 15 is 0 Å². The van der Waals surface area contributed by atoms with E-state index in [-0.39, 0.29) is 12.5 Å². The van der Waals surface area contributed by atoms with Gasteiger partial charge in [-0.25, -0.2) is 0 Å². The first-order chi connectivity index (χ1) is 9.17. The number of ether oxygens (including phenoxy) is 1. The van der Waals surface area contributed by atoms with E-state index in [4.69, 9.17) is 4.74 Å². The molecule has 0 aliphatic carbocycles. The number of carbonyl (C=O) groups excluding carboxylic acids is 2. The zero-order chi connectivity index (χ0) is 14.1. The molecule has 100 valence electrons. The highest BCUT2D eigenvalue weighted by Crippen LogP contribution is 1.96. The van der Waals surface area contributed by atoms with Crippen LogP contribution >= 0.6 is 0 Å². The van der Waals surface area contributed by atoms with E-state index in [1.807, 2.05) is 30.3 Å². The summed E-state index contributed by atoms with van der Waals surface area (Å²) >= 11 is 0. The summed E-state index contributed by atoms with van der Waals surface area (Å²) in [6, 6.07) is 9.23. The summed E-state index contributed by atoms with van der Waals surface area (Å²) in [5.41, 5.74) is 0.767. The first kappa shape index (κ1) is 14.8. The van der Waals surface area contributed by atoms with Gasteiger partial charge in [-0.05, 0) is 26.0 Å². The van der Waals surface area contributed by atoms with Crippen molar-refractivity contribution in [3.63, 3.8) is 0 Å². The summed E-state index contributed by atoms with van der Waals surface area (Å²) in [5, 5.41) is 0. The number of esters is 1. The second kappa shape index (κ2) is 7.93. The molecule has 0 N–H and O–H groups in total. The van der Waals surface area contributed by atoms with E-state index in [2.05, 4.69) is 11.8 Å². The lowest BCUT2D eigenvalue weighted by atomic mass is 10.2. The number of benzene rings is 1. The Labute approximate surface area is 113 Å². The van der Waals surface area contributed by atoms with Crippen molar-refractivity contribution < 1.29 is 14.3 Å². The summed E-state index contributed by atoms with van der Waals surface area (Å²) in [6.07, 6.45) is 0. The molecule has 0 aliphatic heterocycles. The molecule has 4 heteroatoms. The Bertz CT molecular complexity index is 485. The molecule has 0 unspecified atom stereocenters. The molecule has 19 heavy (non-hydrogen) atoms. The minimum Gasteiger partial charge on any atom is -0.465 e. The quantitative estimate of drug-likeness (QED) is 0.607. The fraction of sp³-hybridized carbons (Fsp3) is 0.333. The zero-order valence-electron chi connectivity index (χ0n) is 11.2. The Morgan fingerprint density at radius 2 is 1.89 bits per heavy atom. The fourth-order valence-electron chi connectivity index (χ4n) is 1.42. The lowest BCUT2D eigenvalue weighted by Crippen LogP contribution is -2.35. The van der Waals surface area contributed by atoms with Crippen molar-refractivity contribution in [1.82, 2.24) is 4.90 Å². The molecular weight excluding hydrogens is 242 g/mol. The van der Waals surface area contributed by atoms with Crippen molar-refractivity contribution in [2.24, 2.45) is 0 Å². The fourth-order valence-corrected chi connectivity index (χ4v) is 1.42. The Kier molecular flexibility index (Phi) is 6.17. The van der Waals surface area contributed by atoms with Crippen LogP contribution in [0.3, 0.4) is 0 Å². The molecule has 0 aliphatic rings. The number of hydrogen-bond acceptors (Lipinski definition) is 3. The van der Waals surface area contributed by atoms with Crippen LogP contribution in [-0.4, -0.2) is 36.5 Å². The predicted octanol–water partition coefficient (Wildman–Crippen LogP) is 1.45. The van der Waals surface area contributed by atoms with E-state index < -0.39 is 5.97 Å². The van der Waals surface area contributed by atoms with Gasteiger partial charge in [0, 0.05) is 18.0 Å². The van der Waals surface area contributed by atoms with Gasteiger partial charge in [0.1, 0.15) is 6.54 Å². The maximum atomic E-state index is 11.8. The van der Waals surface area contributed by atoms with Crippen LogP contribution in [0.5, 0.6) is 0 Å². The molecule has 0 saturated carbocycles. The highest BCUT2D eigenvalue weighted by atomic mass is 16.5. The third kappa shape index (κ3) is 5.26. The molecule has 0 saturated heterocycles. The summed E-state index contributed by atoms with van der Waals surface area (Å²) in [7, 11) is 0. The van der Waals surface area contributed by atoms with Crippen molar-refractivity contribution in [2.75, 3.05) is 19.7 Å². The highest BCUT2D eigenvalue weighted by Gasteiger charge is 2.13. The van der Waals surface area contributed by atoms with Crippen molar-refractivity contribution in [3.8, 4) is 11.8 Å². The molecule has 0 spiro atoms. The van der Waals surface area contributed by atoms with E-state index in [0.717, 1.165) is 5.56 Å². The molecular formula is C15H17NO3. The monoisotopic (exact) mass is 259 g/mol. The number of hydrogen-bond donors (Lipinski definition) is 0. The van der Waals surface area contributed by atoms with Crippen LogP contribution in [0, 0.1) is 11.8 Å².